The Morgan fingerprint density at radius 1 is 1.53 bits per heavy atom. The van der Waals surface area contributed by atoms with Crippen molar-refractivity contribution in [2.24, 2.45) is 0 Å². The number of halogens is 1. The topological polar surface area (TPSA) is 55.1 Å². The number of hydrogen-bond donors (Lipinski definition) is 2. The van der Waals surface area contributed by atoms with Crippen LogP contribution in [0.3, 0.4) is 0 Å². The maximum Gasteiger partial charge on any atom is 0.221 e. The number of amides is 1. The summed E-state index contributed by atoms with van der Waals surface area (Å²) in [6.45, 7) is 3.89. The Bertz CT molecular complexity index is 396. The Kier molecular flexibility index (Phi) is 5.65. The first-order valence-electron chi connectivity index (χ1n) is 5.46. The van der Waals surface area contributed by atoms with E-state index in [2.05, 4.69) is 5.32 Å². The van der Waals surface area contributed by atoms with Crippen molar-refractivity contribution in [3.63, 3.8) is 0 Å². The van der Waals surface area contributed by atoms with Crippen molar-refractivity contribution < 1.29 is 4.79 Å². The van der Waals surface area contributed by atoms with Crippen LogP contribution in [-0.4, -0.2) is 17.7 Å². The maximum atomic E-state index is 11.4. The number of carbonyl (C=O) groups excluding carboxylic acids is 1. The number of nitrogens with two attached hydrogens (primary N) is 1. The lowest BCUT2D eigenvalue weighted by Gasteiger charge is -2.08. The molecule has 0 aliphatic heterocycles. The Balaban J connectivity index is 2.38. The number of carbonyl (C=O) groups is 1. The Morgan fingerprint density at radius 3 is 2.82 bits per heavy atom. The van der Waals surface area contributed by atoms with E-state index in [1.807, 2.05) is 26.0 Å². The molecule has 1 rings (SSSR count). The third-order valence-corrected chi connectivity index (χ3v) is 3.49. The van der Waals surface area contributed by atoms with Crippen molar-refractivity contribution in [1.29, 1.82) is 0 Å². The molecule has 0 saturated carbocycles. The quantitative estimate of drug-likeness (QED) is 0.640. The van der Waals surface area contributed by atoms with E-state index in [0.717, 1.165) is 4.90 Å². The lowest BCUT2D eigenvalue weighted by Crippen LogP contribution is -2.30. The molecular weight excluding hydrogens is 256 g/mol. The molecule has 0 fully saturated rings. The third kappa shape index (κ3) is 5.33. The molecule has 0 bridgehead atoms. The molecule has 0 heterocycles. The zero-order chi connectivity index (χ0) is 12.8. The first kappa shape index (κ1) is 14.2. The minimum atomic E-state index is 0.0686. The van der Waals surface area contributed by atoms with Gasteiger partial charge in [-0.15, -0.1) is 11.8 Å². The molecular formula is C12H17ClN2OS. The number of rotatable bonds is 5. The largest absolute Gasteiger partial charge is 0.399 e. The molecule has 1 aromatic rings. The summed E-state index contributed by atoms with van der Waals surface area (Å²) in [4.78, 5) is 12.4. The molecule has 17 heavy (non-hydrogen) atoms. The summed E-state index contributed by atoms with van der Waals surface area (Å²) in [5, 5.41) is 3.49. The Hall–Kier alpha value is -0.870. The standard InChI is InChI=1S/C12H17ClN2OS/c1-8(2)15-12(16)5-6-17-11-4-3-9(14)7-10(11)13/h3-4,7-8H,5-6,14H2,1-2H3,(H,15,16). The zero-order valence-corrected chi connectivity index (χ0v) is 11.6. The van der Waals surface area contributed by atoms with Gasteiger partial charge in [0.15, 0.2) is 0 Å². The summed E-state index contributed by atoms with van der Waals surface area (Å²) in [7, 11) is 0. The van der Waals surface area contributed by atoms with Crippen LogP contribution in [0.15, 0.2) is 23.1 Å². The molecule has 0 atom stereocenters. The fourth-order valence-electron chi connectivity index (χ4n) is 1.28. The van der Waals surface area contributed by atoms with Gasteiger partial charge in [-0.2, -0.15) is 0 Å². The number of benzene rings is 1. The van der Waals surface area contributed by atoms with Crippen LogP contribution in [0.5, 0.6) is 0 Å². The predicted octanol–water partition coefficient (Wildman–Crippen LogP) is 2.93. The van der Waals surface area contributed by atoms with E-state index in [0.29, 0.717) is 22.9 Å². The van der Waals surface area contributed by atoms with Crippen molar-refractivity contribution >= 4 is 35.0 Å². The fraction of sp³-hybridized carbons (Fsp3) is 0.417. The lowest BCUT2D eigenvalue weighted by molar-refractivity contribution is -0.121. The minimum absolute atomic E-state index is 0.0686. The number of nitrogen functional groups attached to an aromatic ring is 1. The van der Waals surface area contributed by atoms with Crippen LogP contribution in [0.2, 0.25) is 5.02 Å². The second kappa shape index (κ2) is 6.77. The summed E-state index contributed by atoms with van der Waals surface area (Å²) in [6.07, 6.45) is 0.490. The van der Waals surface area contributed by atoms with Gasteiger partial charge in [0.05, 0.1) is 5.02 Å². The van der Waals surface area contributed by atoms with Crippen LogP contribution in [0.25, 0.3) is 0 Å². The average Bonchev–Trinajstić information content (AvgIpc) is 2.20. The van der Waals surface area contributed by atoms with Gasteiger partial charge in [0.25, 0.3) is 0 Å². The normalized spacial score (nSPS) is 10.6. The predicted molar refractivity (Wildman–Crippen MR) is 74.5 cm³/mol. The van der Waals surface area contributed by atoms with Crippen LogP contribution in [-0.2, 0) is 4.79 Å². The molecule has 0 aliphatic carbocycles. The van der Waals surface area contributed by atoms with Crippen LogP contribution >= 0.6 is 23.4 Å². The monoisotopic (exact) mass is 272 g/mol. The van der Waals surface area contributed by atoms with Gasteiger partial charge in [0.2, 0.25) is 5.91 Å². The van der Waals surface area contributed by atoms with Gasteiger partial charge in [-0.1, -0.05) is 11.6 Å². The van der Waals surface area contributed by atoms with Crippen molar-refractivity contribution in [1.82, 2.24) is 5.32 Å². The molecule has 5 heteroatoms. The molecule has 0 radical (unpaired) electrons. The zero-order valence-electron chi connectivity index (χ0n) is 10.00. The van der Waals surface area contributed by atoms with Gasteiger partial charge in [0, 0.05) is 28.8 Å². The SMILES string of the molecule is CC(C)NC(=O)CCSc1ccc(N)cc1Cl. The number of hydrogen-bond acceptors (Lipinski definition) is 3. The first-order chi connectivity index (χ1) is 7.99. The Labute approximate surface area is 111 Å². The maximum absolute atomic E-state index is 11.4. The highest BCUT2D eigenvalue weighted by molar-refractivity contribution is 7.99. The van der Waals surface area contributed by atoms with Crippen molar-refractivity contribution in [3.05, 3.63) is 23.2 Å². The number of anilines is 1. The first-order valence-corrected chi connectivity index (χ1v) is 6.82. The fourth-order valence-corrected chi connectivity index (χ4v) is 2.50. The van der Waals surface area contributed by atoms with Crippen molar-refractivity contribution in [3.8, 4) is 0 Å². The van der Waals surface area contributed by atoms with Gasteiger partial charge in [0.1, 0.15) is 0 Å². The molecule has 3 N–H and O–H groups in total. The second-order valence-corrected chi connectivity index (χ2v) is 5.55. The number of thioether (sulfide) groups is 1. The smallest absolute Gasteiger partial charge is 0.221 e. The van der Waals surface area contributed by atoms with Crippen molar-refractivity contribution in [2.75, 3.05) is 11.5 Å². The Morgan fingerprint density at radius 2 is 2.24 bits per heavy atom. The summed E-state index contributed by atoms with van der Waals surface area (Å²) in [5.41, 5.74) is 6.25. The van der Waals surface area contributed by atoms with E-state index < -0.39 is 0 Å². The van der Waals surface area contributed by atoms with E-state index in [-0.39, 0.29) is 11.9 Å². The lowest BCUT2D eigenvalue weighted by atomic mass is 10.3. The van der Waals surface area contributed by atoms with Crippen LogP contribution < -0.4 is 11.1 Å². The van der Waals surface area contributed by atoms with E-state index in [1.165, 1.54) is 0 Å². The van der Waals surface area contributed by atoms with Crippen molar-refractivity contribution in [2.45, 2.75) is 31.2 Å². The molecule has 0 saturated heterocycles. The second-order valence-electron chi connectivity index (χ2n) is 4.01. The highest BCUT2D eigenvalue weighted by atomic mass is 35.5. The van der Waals surface area contributed by atoms with E-state index in [1.54, 1.807) is 17.8 Å². The molecule has 0 aliphatic rings. The summed E-state index contributed by atoms with van der Waals surface area (Å²) >= 11 is 7.59. The highest BCUT2D eigenvalue weighted by Gasteiger charge is 2.05. The summed E-state index contributed by atoms with van der Waals surface area (Å²) < 4.78 is 0. The summed E-state index contributed by atoms with van der Waals surface area (Å²) in [6, 6.07) is 5.59. The van der Waals surface area contributed by atoms with Crippen LogP contribution in [0.4, 0.5) is 5.69 Å². The van der Waals surface area contributed by atoms with E-state index in [9.17, 15) is 4.79 Å². The van der Waals surface area contributed by atoms with Gasteiger partial charge < -0.3 is 11.1 Å². The third-order valence-electron chi connectivity index (χ3n) is 1.99. The van der Waals surface area contributed by atoms with Crippen LogP contribution in [0.1, 0.15) is 20.3 Å². The highest BCUT2D eigenvalue weighted by Crippen LogP contribution is 2.29. The van der Waals surface area contributed by atoms with E-state index in [4.69, 9.17) is 17.3 Å². The van der Waals surface area contributed by atoms with Gasteiger partial charge in [-0.25, -0.2) is 0 Å². The average molecular weight is 273 g/mol. The minimum Gasteiger partial charge on any atom is -0.399 e. The summed E-state index contributed by atoms with van der Waals surface area (Å²) in [5.74, 6) is 0.779. The molecule has 1 amide bonds. The van der Waals surface area contributed by atoms with Gasteiger partial charge in [-0.05, 0) is 32.0 Å². The molecule has 3 nitrogen and oxygen atoms in total. The number of nitrogens with one attached hydrogen (secondary N) is 1. The molecule has 0 spiro atoms. The van der Waals surface area contributed by atoms with E-state index >= 15 is 0 Å². The molecule has 0 aromatic heterocycles. The van der Waals surface area contributed by atoms with Gasteiger partial charge in [-0.3, -0.25) is 4.79 Å². The molecule has 1 aromatic carbocycles. The van der Waals surface area contributed by atoms with Gasteiger partial charge >= 0.3 is 0 Å². The molecule has 0 unspecified atom stereocenters. The molecule has 94 valence electrons. The van der Waals surface area contributed by atoms with Crippen LogP contribution in [0, 0.1) is 0 Å².